The van der Waals surface area contributed by atoms with E-state index >= 15 is 0 Å². The SMILES string of the molecule is O=C(NCC(O)c1ccco1)NC(c1ccccc1F)C1CCCC1. The summed E-state index contributed by atoms with van der Waals surface area (Å²) in [5.74, 6) is 0.301. The number of halogens is 1. The van der Waals surface area contributed by atoms with Crippen LogP contribution in [0.15, 0.2) is 47.1 Å². The number of hydrogen-bond donors (Lipinski definition) is 3. The van der Waals surface area contributed by atoms with E-state index in [4.69, 9.17) is 4.42 Å². The van der Waals surface area contributed by atoms with Crippen LogP contribution in [0.3, 0.4) is 0 Å². The number of amides is 2. The molecule has 2 aromatic rings. The van der Waals surface area contributed by atoms with Crippen molar-refractivity contribution in [2.45, 2.75) is 37.8 Å². The number of aliphatic hydroxyl groups is 1. The molecule has 0 aliphatic heterocycles. The fourth-order valence-electron chi connectivity index (χ4n) is 3.43. The molecule has 2 unspecified atom stereocenters. The third kappa shape index (κ3) is 4.39. The first kappa shape index (κ1) is 17.5. The molecule has 0 bridgehead atoms. The molecule has 134 valence electrons. The minimum absolute atomic E-state index is 0.0218. The second-order valence-corrected chi connectivity index (χ2v) is 6.43. The molecule has 1 heterocycles. The summed E-state index contributed by atoms with van der Waals surface area (Å²) in [6.07, 6.45) is 4.67. The molecule has 3 N–H and O–H groups in total. The molecule has 2 amide bonds. The zero-order valence-corrected chi connectivity index (χ0v) is 14.0. The van der Waals surface area contributed by atoms with E-state index in [9.17, 15) is 14.3 Å². The summed E-state index contributed by atoms with van der Waals surface area (Å²) < 4.78 is 19.3. The highest BCUT2D eigenvalue weighted by Gasteiger charge is 2.29. The lowest BCUT2D eigenvalue weighted by Crippen LogP contribution is -2.42. The van der Waals surface area contributed by atoms with Gasteiger partial charge in [-0.15, -0.1) is 0 Å². The van der Waals surface area contributed by atoms with Crippen LogP contribution < -0.4 is 10.6 Å². The molecule has 25 heavy (non-hydrogen) atoms. The van der Waals surface area contributed by atoms with E-state index in [0.717, 1.165) is 25.7 Å². The minimum Gasteiger partial charge on any atom is -0.467 e. The number of carbonyl (C=O) groups is 1. The van der Waals surface area contributed by atoms with Crippen LogP contribution in [-0.4, -0.2) is 17.7 Å². The Kier molecular flexibility index (Phi) is 5.71. The van der Waals surface area contributed by atoms with Gasteiger partial charge in [0.05, 0.1) is 18.8 Å². The number of rotatable bonds is 6. The van der Waals surface area contributed by atoms with Crippen LogP contribution >= 0.6 is 0 Å². The van der Waals surface area contributed by atoms with Gasteiger partial charge >= 0.3 is 6.03 Å². The zero-order chi connectivity index (χ0) is 17.6. The molecular formula is C19H23FN2O3. The van der Waals surface area contributed by atoms with Crippen molar-refractivity contribution >= 4 is 6.03 Å². The van der Waals surface area contributed by atoms with Gasteiger partial charge in [-0.3, -0.25) is 0 Å². The Hall–Kier alpha value is -2.34. The molecule has 0 spiro atoms. The summed E-state index contributed by atoms with van der Waals surface area (Å²) in [5, 5.41) is 15.5. The number of benzene rings is 1. The van der Waals surface area contributed by atoms with E-state index in [-0.39, 0.29) is 24.3 Å². The van der Waals surface area contributed by atoms with E-state index in [1.165, 1.54) is 12.3 Å². The van der Waals surface area contributed by atoms with Gasteiger partial charge in [-0.1, -0.05) is 31.0 Å². The van der Waals surface area contributed by atoms with Crippen LogP contribution in [0.1, 0.15) is 49.2 Å². The van der Waals surface area contributed by atoms with Crippen molar-refractivity contribution in [3.8, 4) is 0 Å². The Balaban J connectivity index is 1.63. The fourth-order valence-corrected chi connectivity index (χ4v) is 3.43. The molecule has 0 radical (unpaired) electrons. The van der Waals surface area contributed by atoms with Crippen LogP contribution in [-0.2, 0) is 0 Å². The first-order chi connectivity index (χ1) is 12.1. The third-order valence-electron chi connectivity index (χ3n) is 4.73. The van der Waals surface area contributed by atoms with Crippen molar-refractivity contribution in [1.82, 2.24) is 10.6 Å². The Morgan fingerprint density at radius 2 is 2.00 bits per heavy atom. The van der Waals surface area contributed by atoms with Crippen LogP contribution in [0.2, 0.25) is 0 Å². The van der Waals surface area contributed by atoms with E-state index in [0.29, 0.717) is 11.3 Å². The molecule has 1 fully saturated rings. The lowest BCUT2D eigenvalue weighted by Gasteiger charge is -2.26. The molecule has 1 saturated carbocycles. The second kappa shape index (κ2) is 8.16. The van der Waals surface area contributed by atoms with Gasteiger partial charge in [0.1, 0.15) is 17.7 Å². The maximum Gasteiger partial charge on any atom is 0.315 e. The van der Waals surface area contributed by atoms with Gasteiger partial charge in [-0.25, -0.2) is 9.18 Å². The highest BCUT2D eigenvalue weighted by Crippen LogP contribution is 2.36. The molecule has 1 aromatic heterocycles. The average Bonchev–Trinajstić information content (AvgIpc) is 3.31. The summed E-state index contributed by atoms with van der Waals surface area (Å²) >= 11 is 0. The lowest BCUT2D eigenvalue weighted by molar-refractivity contribution is 0.147. The van der Waals surface area contributed by atoms with E-state index in [1.54, 1.807) is 30.3 Å². The molecule has 1 aromatic carbocycles. The van der Waals surface area contributed by atoms with Gasteiger partial charge in [-0.2, -0.15) is 0 Å². The van der Waals surface area contributed by atoms with E-state index in [2.05, 4.69) is 10.6 Å². The quantitative estimate of drug-likeness (QED) is 0.747. The summed E-state index contributed by atoms with van der Waals surface area (Å²) in [6, 6.07) is 9.08. The molecule has 6 heteroatoms. The largest absolute Gasteiger partial charge is 0.467 e. The highest BCUT2D eigenvalue weighted by atomic mass is 19.1. The Morgan fingerprint density at radius 1 is 1.24 bits per heavy atom. The van der Waals surface area contributed by atoms with Crippen LogP contribution in [0.5, 0.6) is 0 Å². The molecule has 3 rings (SSSR count). The fraction of sp³-hybridized carbons (Fsp3) is 0.421. The van der Waals surface area contributed by atoms with E-state index in [1.807, 2.05) is 0 Å². The summed E-state index contributed by atoms with van der Waals surface area (Å²) in [7, 11) is 0. The molecule has 1 aliphatic carbocycles. The molecule has 1 aliphatic rings. The standard InChI is InChI=1S/C19H23FN2O3/c20-15-9-4-3-8-14(15)18(13-6-1-2-7-13)22-19(24)21-12-16(23)17-10-5-11-25-17/h3-5,8-11,13,16,18,23H,1-2,6-7,12H2,(H2,21,22,24). The number of furan rings is 1. The van der Waals surface area contributed by atoms with Crippen LogP contribution in [0.25, 0.3) is 0 Å². The van der Waals surface area contributed by atoms with E-state index < -0.39 is 12.1 Å². The predicted molar refractivity (Wildman–Crippen MR) is 91.3 cm³/mol. The van der Waals surface area contributed by atoms with Gasteiger partial charge in [0.2, 0.25) is 0 Å². The normalized spacial score (nSPS) is 17.2. The van der Waals surface area contributed by atoms with Crippen LogP contribution in [0, 0.1) is 11.7 Å². The van der Waals surface area contributed by atoms with Gasteiger partial charge in [0, 0.05) is 5.56 Å². The third-order valence-corrected chi connectivity index (χ3v) is 4.73. The van der Waals surface area contributed by atoms with Crippen molar-refractivity contribution in [1.29, 1.82) is 0 Å². The first-order valence-electron chi connectivity index (χ1n) is 8.65. The maximum absolute atomic E-state index is 14.2. The Morgan fingerprint density at radius 3 is 2.68 bits per heavy atom. The van der Waals surface area contributed by atoms with Crippen molar-refractivity contribution in [2.75, 3.05) is 6.54 Å². The summed E-state index contributed by atoms with van der Waals surface area (Å²) in [5.41, 5.74) is 0.510. The summed E-state index contributed by atoms with van der Waals surface area (Å²) in [4.78, 5) is 12.3. The van der Waals surface area contributed by atoms with Crippen molar-refractivity contribution in [3.05, 3.63) is 59.8 Å². The first-order valence-corrected chi connectivity index (χ1v) is 8.65. The monoisotopic (exact) mass is 346 g/mol. The molecular weight excluding hydrogens is 323 g/mol. The zero-order valence-electron chi connectivity index (χ0n) is 14.0. The molecule has 2 atom stereocenters. The smallest absolute Gasteiger partial charge is 0.315 e. The average molecular weight is 346 g/mol. The number of nitrogens with one attached hydrogen (secondary N) is 2. The number of aliphatic hydroxyl groups excluding tert-OH is 1. The Labute approximate surface area is 146 Å². The van der Waals surface area contributed by atoms with Gasteiger partial charge in [-0.05, 0) is 37.0 Å². The lowest BCUT2D eigenvalue weighted by atomic mass is 9.91. The van der Waals surface area contributed by atoms with Crippen molar-refractivity contribution in [2.24, 2.45) is 5.92 Å². The van der Waals surface area contributed by atoms with Crippen molar-refractivity contribution < 1.29 is 18.7 Å². The molecule has 0 saturated heterocycles. The Bertz CT molecular complexity index is 684. The summed E-state index contributed by atoms with van der Waals surface area (Å²) in [6.45, 7) is 0.0218. The van der Waals surface area contributed by atoms with Crippen molar-refractivity contribution in [3.63, 3.8) is 0 Å². The molecule has 5 nitrogen and oxygen atoms in total. The number of hydrogen-bond acceptors (Lipinski definition) is 3. The van der Waals surface area contributed by atoms with Gasteiger partial charge < -0.3 is 20.2 Å². The second-order valence-electron chi connectivity index (χ2n) is 6.43. The minimum atomic E-state index is -0.917. The highest BCUT2D eigenvalue weighted by molar-refractivity contribution is 5.74. The maximum atomic E-state index is 14.2. The number of urea groups is 1. The van der Waals surface area contributed by atoms with Gasteiger partial charge in [0.15, 0.2) is 0 Å². The predicted octanol–water partition coefficient (Wildman–Crippen LogP) is 3.68. The topological polar surface area (TPSA) is 74.5 Å². The van der Waals surface area contributed by atoms with Crippen LogP contribution in [0.4, 0.5) is 9.18 Å². The number of carbonyl (C=O) groups excluding carboxylic acids is 1. The van der Waals surface area contributed by atoms with Gasteiger partial charge in [0.25, 0.3) is 0 Å².